The lowest BCUT2D eigenvalue weighted by Gasteiger charge is -2.60. The molecule has 0 amide bonds. The molecule has 4 aliphatic carbocycles. The summed E-state index contributed by atoms with van der Waals surface area (Å²) in [5.41, 5.74) is 0.770. The zero-order valence-electron chi connectivity index (χ0n) is 20.4. The summed E-state index contributed by atoms with van der Waals surface area (Å²) in [4.78, 5) is 8.64. The molecule has 3 unspecified atom stereocenters. The number of halogens is 3. The van der Waals surface area contributed by atoms with Crippen molar-refractivity contribution in [3.8, 4) is 11.8 Å². The standard InChI is InChI=1S/C26H31F3N6O2/c27-26(28,29)37-21-4-2-1-3-17(21)13-32-24-33-14-20(12-30)23(35-24)34-15-25-9-16-7-18(10-25)22(31-5-6-36)19(8-16)11-25/h1-4,14,16,18-19,22,31,36H,5-11,13,15H2,(H2,32,33,34,35)/t16?,18-,19+,22?,25?. The quantitative estimate of drug-likeness (QED) is 0.374. The SMILES string of the molecule is N#Cc1cnc(NCc2ccccc2OC(F)(F)F)nc1NCC12CC3C[C@H](C1)C(NCCO)[C@@H](C3)C2. The first-order valence-electron chi connectivity index (χ1n) is 12.7. The first-order valence-corrected chi connectivity index (χ1v) is 12.7. The Bertz CT molecular complexity index is 1140. The van der Waals surface area contributed by atoms with Crippen LogP contribution in [0.5, 0.6) is 5.75 Å². The molecule has 0 aliphatic heterocycles. The molecule has 1 aromatic carbocycles. The summed E-state index contributed by atoms with van der Waals surface area (Å²) >= 11 is 0. The van der Waals surface area contributed by atoms with Gasteiger partial charge in [-0.25, -0.2) is 4.98 Å². The van der Waals surface area contributed by atoms with Gasteiger partial charge in [0.25, 0.3) is 0 Å². The van der Waals surface area contributed by atoms with Gasteiger partial charge in [0.15, 0.2) is 0 Å². The molecule has 1 aromatic heterocycles. The number of hydrogen-bond donors (Lipinski definition) is 4. The maximum absolute atomic E-state index is 12.7. The maximum atomic E-state index is 12.7. The van der Waals surface area contributed by atoms with Gasteiger partial charge in [-0.15, -0.1) is 13.2 Å². The number of alkyl halides is 3. The molecule has 198 valence electrons. The minimum Gasteiger partial charge on any atom is -0.405 e. The molecule has 4 saturated carbocycles. The molecule has 0 spiro atoms. The van der Waals surface area contributed by atoms with E-state index in [4.69, 9.17) is 0 Å². The summed E-state index contributed by atoms with van der Waals surface area (Å²) < 4.78 is 42.3. The Balaban J connectivity index is 1.25. The van der Waals surface area contributed by atoms with Gasteiger partial charge in [-0.3, -0.25) is 0 Å². The molecular weight excluding hydrogens is 485 g/mol. The minimum absolute atomic E-state index is 0.0226. The fraction of sp³-hybridized carbons (Fsp3) is 0.577. The van der Waals surface area contributed by atoms with Crippen molar-refractivity contribution in [2.75, 3.05) is 30.3 Å². The van der Waals surface area contributed by atoms with Crippen molar-refractivity contribution in [1.29, 1.82) is 5.26 Å². The number of hydrogen-bond acceptors (Lipinski definition) is 8. The van der Waals surface area contributed by atoms with Gasteiger partial charge in [-0.1, -0.05) is 18.2 Å². The zero-order valence-corrected chi connectivity index (χ0v) is 20.4. The van der Waals surface area contributed by atoms with E-state index < -0.39 is 6.36 Å². The Labute approximate surface area is 213 Å². The molecule has 4 N–H and O–H groups in total. The van der Waals surface area contributed by atoms with E-state index in [1.54, 1.807) is 6.07 Å². The van der Waals surface area contributed by atoms with Crippen LogP contribution in [0.25, 0.3) is 0 Å². The topological polar surface area (TPSA) is 115 Å². The number of aliphatic hydroxyl groups excluding tert-OH is 1. The predicted octanol–water partition coefficient (Wildman–Crippen LogP) is 4.05. The molecule has 1 heterocycles. The van der Waals surface area contributed by atoms with Crippen LogP contribution in [0.1, 0.15) is 43.2 Å². The fourth-order valence-corrected chi connectivity index (χ4v) is 6.98. The van der Waals surface area contributed by atoms with E-state index in [0.29, 0.717) is 53.8 Å². The molecule has 2 aromatic rings. The Morgan fingerprint density at radius 1 is 1.14 bits per heavy atom. The third-order valence-electron chi connectivity index (χ3n) is 8.07. The van der Waals surface area contributed by atoms with Crippen LogP contribution >= 0.6 is 0 Å². The van der Waals surface area contributed by atoms with Crippen LogP contribution in [0.2, 0.25) is 0 Å². The smallest absolute Gasteiger partial charge is 0.405 e. The molecule has 4 fully saturated rings. The largest absolute Gasteiger partial charge is 0.573 e. The number of nitriles is 1. The first kappa shape index (κ1) is 25.5. The number of aromatic nitrogens is 2. The van der Waals surface area contributed by atoms with Crippen LogP contribution < -0.4 is 20.7 Å². The van der Waals surface area contributed by atoms with Crippen molar-refractivity contribution in [3.05, 3.63) is 41.6 Å². The van der Waals surface area contributed by atoms with Crippen molar-refractivity contribution in [3.63, 3.8) is 0 Å². The van der Waals surface area contributed by atoms with E-state index in [-0.39, 0.29) is 30.3 Å². The summed E-state index contributed by atoms with van der Waals surface area (Å²) in [5.74, 6) is 2.24. The Hall–Kier alpha value is -3.10. The number of anilines is 2. The summed E-state index contributed by atoms with van der Waals surface area (Å²) in [5, 5.41) is 28.8. The number of nitrogens with one attached hydrogen (secondary N) is 3. The van der Waals surface area contributed by atoms with E-state index in [1.165, 1.54) is 37.2 Å². The summed E-state index contributed by atoms with van der Waals surface area (Å²) in [6, 6.07) is 8.48. The Morgan fingerprint density at radius 2 is 1.89 bits per heavy atom. The monoisotopic (exact) mass is 516 g/mol. The van der Waals surface area contributed by atoms with Crippen molar-refractivity contribution in [1.82, 2.24) is 15.3 Å². The average molecular weight is 517 g/mol. The third-order valence-corrected chi connectivity index (χ3v) is 8.07. The van der Waals surface area contributed by atoms with E-state index in [2.05, 4.69) is 36.7 Å². The second-order valence-corrected chi connectivity index (χ2v) is 10.6. The van der Waals surface area contributed by atoms with Crippen molar-refractivity contribution in [2.24, 2.45) is 23.2 Å². The van der Waals surface area contributed by atoms with Crippen LogP contribution in [0.4, 0.5) is 24.9 Å². The van der Waals surface area contributed by atoms with Crippen molar-refractivity contribution < 1.29 is 23.0 Å². The molecule has 4 aliphatic rings. The second kappa shape index (κ2) is 10.3. The molecule has 11 heteroatoms. The first-order chi connectivity index (χ1) is 17.8. The Kier molecular flexibility index (Phi) is 7.14. The molecule has 8 nitrogen and oxygen atoms in total. The summed E-state index contributed by atoms with van der Waals surface area (Å²) in [6.07, 6.45) is 2.45. The van der Waals surface area contributed by atoms with Gasteiger partial charge in [-0.2, -0.15) is 10.2 Å². The van der Waals surface area contributed by atoms with E-state index in [9.17, 15) is 23.5 Å². The predicted molar refractivity (Wildman–Crippen MR) is 131 cm³/mol. The lowest BCUT2D eigenvalue weighted by Crippen LogP contribution is -2.60. The molecule has 0 radical (unpaired) electrons. The highest BCUT2D eigenvalue weighted by molar-refractivity contribution is 5.53. The molecule has 6 rings (SSSR count). The van der Waals surface area contributed by atoms with Crippen LogP contribution in [0, 0.1) is 34.5 Å². The van der Waals surface area contributed by atoms with E-state index >= 15 is 0 Å². The lowest BCUT2D eigenvalue weighted by molar-refractivity contribution is -0.274. The van der Waals surface area contributed by atoms with Gasteiger partial charge in [-0.05, 0) is 61.3 Å². The molecular formula is C26H31F3N6O2. The normalized spacial score (nSPS) is 28.1. The maximum Gasteiger partial charge on any atom is 0.573 e. The molecule has 4 bridgehead atoms. The summed E-state index contributed by atoms with van der Waals surface area (Å²) in [7, 11) is 0. The zero-order chi connectivity index (χ0) is 26.0. The highest BCUT2D eigenvalue weighted by Gasteiger charge is 2.54. The van der Waals surface area contributed by atoms with Crippen LogP contribution in [0.3, 0.4) is 0 Å². The number of aliphatic hydroxyl groups is 1. The second-order valence-electron chi connectivity index (χ2n) is 10.6. The highest BCUT2D eigenvalue weighted by atomic mass is 19.4. The minimum atomic E-state index is -4.79. The van der Waals surface area contributed by atoms with Gasteiger partial charge in [0.05, 0.1) is 12.8 Å². The van der Waals surface area contributed by atoms with Crippen LogP contribution in [-0.2, 0) is 6.54 Å². The van der Waals surface area contributed by atoms with Crippen LogP contribution in [0.15, 0.2) is 30.5 Å². The highest BCUT2D eigenvalue weighted by Crippen LogP contribution is 2.60. The summed E-state index contributed by atoms with van der Waals surface area (Å²) in [6.45, 7) is 1.50. The number of rotatable bonds is 10. The fourth-order valence-electron chi connectivity index (χ4n) is 6.98. The van der Waals surface area contributed by atoms with Gasteiger partial charge < -0.3 is 25.8 Å². The number of nitrogens with zero attached hydrogens (tertiary/aromatic N) is 3. The van der Waals surface area contributed by atoms with E-state index in [0.717, 1.165) is 19.3 Å². The van der Waals surface area contributed by atoms with Gasteiger partial charge >= 0.3 is 6.36 Å². The average Bonchev–Trinajstić information content (AvgIpc) is 2.85. The van der Waals surface area contributed by atoms with Gasteiger partial charge in [0.2, 0.25) is 5.95 Å². The number of ether oxygens (including phenoxy) is 1. The Morgan fingerprint density at radius 3 is 2.59 bits per heavy atom. The molecule has 0 saturated heterocycles. The van der Waals surface area contributed by atoms with Crippen molar-refractivity contribution in [2.45, 2.75) is 51.1 Å². The van der Waals surface area contributed by atoms with Crippen LogP contribution in [-0.4, -0.2) is 47.2 Å². The van der Waals surface area contributed by atoms with Gasteiger partial charge in [0, 0.05) is 31.2 Å². The number of para-hydroxylation sites is 1. The third kappa shape index (κ3) is 5.75. The lowest BCUT2D eigenvalue weighted by atomic mass is 9.48. The molecule has 37 heavy (non-hydrogen) atoms. The van der Waals surface area contributed by atoms with Crippen molar-refractivity contribution >= 4 is 11.8 Å². The van der Waals surface area contributed by atoms with Gasteiger partial charge in [0.1, 0.15) is 23.2 Å². The number of benzene rings is 1. The van der Waals surface area contributed by atoms with E-state index in [1.807, 2.05) is 0 Å². The molecule has 5 atom stereocenters.